The molecular weight excluding hydrogens is 271 g/mol. The van der Waals surface area contributed by atoms with Gasteiger partial charge in [0.05, 0.1) is 6.04 Å². The van der Waals surface area contributed by atoms with Crippen LogP contribution in [-0.4, -0.2) is 67.2 Å². The van der Waals surface area contributed by atoms with Crippen molar-refractivity contribution in [1.82, 2.24) is 15.1 Å². The average Bonchev–Trinajstić information content (AvgIpc) is 2.86. The van der Waals surface area contributed by atoms with Crippen molar-refractivity contribution >= 4 is 5.91 Å². The molecule has 4 nitrogen and oxygen atoms in total. The number of likely N-dealkylation sites (tertiary alicyclic amines) is 1. The molecule has 0 bridgehead atoms. The monoisotopic (exact) mass is 293 g/mol. The average molecular weight is 293 g/mol. The Labute approximate surface area is 117 Å². The van der Waals surface area contributed by atoms with Gasteiger partial charge in [-0.3, -0.25) is 9.69 Å². The molecule has 20 heavy (non-hydrogen) atoms. The van der Waals surface area contributed by atoms with E-state index in [2.05, 4.69) is 10.2 Å². The number of likely N-dealkylation sites (N-methyl/N-ethyl adjacent to an activating group) is 1. The van der Waals surface area contributed by atoms with Gasteiger partial charge in [-0.2, -0.15) is 13.2 Å². The second-order valence-electron chi connectivity index (χ2n) is 5.69. The smallest absolute Gasteiger partial charge is 0.335 e. The molecule has 0 spiro atoms. The molecule has 7 heteroatoms. The Morgan fingerprint density at radius 1 is 1.30 bits per heavy atom. The predicted octanol–water partition coefficient (Wildman–Crippen LogP) is 1.22. The van der Waals surface area contributed by atoms with Crippen LogP contribution in [0.4, 0.5) is 13.2 Å². The van der Waals surface area contributed by atoms with Gasteiger partial charge in [0.25, 0.3) is 0 Å². The summed E-state index contributed by atoms with van der Waals surface area (Å²) in [6.07, 6.45) is -0.840. The first-order valence-electron chi connectivity index (χ1n) is 7.16. The molecule has 1 unspecified atom stereocenters. The van der Waals surface area contributed by atoms with E-state index in [0.29, 0.717) is 12.5 Å². The molecule has 1 N–H and O–H groups in total. The van der Waals surface area contributed by atoms with E-state index in [9.17, 15) is 18.0 Å². The molecule has 1 amide bonds. The highest BCUT2D eigenvalue weighted by atomic mass is 19.4. The van der Waals surface area contributed by atoms with Gasteiger partial charge in [0.15, 0.2) is 0 Å². The number of alkyl halides is 3. The lowest BCUT2D eigenvalue weighted by Crippen LogP contribution is -2.52. The van der Waals surface area contributed by atoms with E-state index in [1.165, 1.54) is 7.05 Å². The highest BCUT2D eigenvalue weighted by molar-refractivity contribution is 5.82. The summed E-state index contributed by atoms with van der Waals surface area (Å²) in [6, 6.07) is -0.0440. The zero-order valence-corrected chi connectivity index (χ0v) is 11.7. The number of nitrogens with one attached hydrogen (secondary N) is 1. The lowest BCUT2D eigenvalue weighted by molar-refractivity contribution is -0.161. The van der Waals surface area contributed by atoms with Crippen LogP contribution in [0.3, 0.4) is 0 Å². The second-order valence-corrected chi connectivity index (χ2v) is 5.69. The van der Waals surface area contributed by atoms with Crippen LogP contribution in [0, 0.1) is 0 Å². The zero-order chi connectivity index (χ0) is 14.8. The number of hydrogen-bond acceptors (Lipinski definition) is 3. The van der Waals surface area contributed by atoms with Gasteiger partial charge in [-0.25, -0.2) is 0 Å². The molecule has 2 aliphatic heterocycles. The minimum Gasteiger partial charge on any atom is -0.335 e. The molecule has 0 aromatic heterocycles. The lowest BCUT2D eigenvalue weighted by atomic mass is 10.0. The summed E-state index contributed by atoms with van der Waals surface area (Å²) in [5, 5.41) is 3.27. The third kappa shape index (κ3) is 3.85. The van der Waals surface area contributed by atoms with Crippen LogP contribution in [-0.2, 0) is 4.79 Å². The molecule has 0 radical (unpaired) electrons. The molecular formula is C13H22F3N3O. The van der Waals surface area contributed by atoms with Gasteiger partial charge in [0, 0.05) is 13.1 Å². The summed E-state index contributed by atoms with van der Waals surface area (Å²) < 4.78 is 37.2. The van der Waals surface area contributed by atoms with Crippen LogP contribution in [0.1, 0.15) is 25.7 Å². The summed E-state index contributed by atoms with van der Waals surface area (Å²) in [7, 11) is 1.24. The number of nitrogens with zero attached hydrogens (tertiary/aromatic N) is 2. The molecule has 2 heterocycles. The minimum absolute atomic E-state index is 0.326. The number of rotatable bonds is 3. The number of hydrogen-bond donors (Lipinski definition) is 1. The van der Waals surface area contributed by atoms with Crippen molar-refractivity contribution < 1.29 is 18.0 Å². The van der Waals surface area contributed by atoms with Crippen LogP contribution in [0.5, 0.6) is 0 Å². The van der Waals surface area contributed by atoms with Gasteiger partial charge in [-0.05, 0) is 45.3 Å². The molecule has 2 aliphatic rings. The Balaban J connectivity index is 1.97. The summed E-state index contributed by atoms with van der Waals surface area (Å²) in [6.45, 7) is 1.49. The number of halogens is 3. The van der Waals surface area contributed by atoms with Crippen LogP contribution >= 0.6 is 0 Å². The molecule has 0 aromatic carbocycles. The van der Waals surface area contributed by atoms with E-state index in [1.807, 2.05) is 0 Å². The molecule has 2 saturated heterocycles. The number of carbonyl (C=O) groups excluding carboxylic acids is 1. The van der Waals surface area contributed by atoms with Gasteiger partial charge >= 0.3 is 6.18 Å². The highest BCUT2D eigenvalue weighted by Crippen LogP contribution is 2.26. The standard InChI is InChI=1S/C13H22F3N3O/c1-18(9-13(14,15)16)12(20)11-3-2-8-19(11)10-4-6-17-7-5-10/h10-11,17H,2-9H2,1H3. The van der Waals surface area contributed by atoms with E-state index in [1.54, 1.807) is 0 Å². The third-order valence-electron chi connectivity index (χ3n) is 4.15. The molecule has 0 aliphatic carbocycles. The SMILES string of the molecule is CN(CC(F)(F)F)C(=O)C1CCCN1C1CCNCC1. The van der Waals surface area contributed by atoms with Crippen molar-refractivity contribution in [2.45, 2.75) is 43.9 Å². The van der Waals surface area contributed by atoms with Crippen LogP contribution in [0.2, 0.25) is 0 Å². The fourth-order valence-corrected chi connectivity index (χ4v) is 3.23. The zero-order valence-electron chi connectivity index (χ0n) is 11.7. The predicted molar refractivity (Wildman–Crippen MR) is 69.3 cm³/mol. The first-order chi connectivity index (χ1) is 9.38. The topological polar surface area (TPSA) is 35.6 Å². The van der Waals surface area contributed by atoms with Crippen molar-refractivity contribution in [2.24, 2.45) is 0 Å². The fourth-order valence-electron chi connectivity index (χ4n) is 3.23. The van der Waals surface area contributed by atoms with E-state index in [0.717, 1.165) is 43.8 Å². The molecule has 2 fully saturated rings. The fraction of sp³-hybridized carbons (Fsp3) is 0.923. The van der Waals surface area contributed by atoms with E-state index < -0.39 is 18.6 Å². The molecule has 0 saturated carbocycles. The first-order valence-corrected chi connectivity index (χ1v) is 7.16. The number of amides is 1. The van der Waals surface area contributed by atoms with Crippen molar-refractivity contribution in [3.63, 3.8) is 0 Å². The Kier molecular flexibility index (Phi) is 4.90. The minimum atomic E-state index is -4.33. The molecule has 116 valence electrons. The Morgan fingerprint density at radius 2 is 1.95 bits per heavy atom. The molecule has 1 atom stereocenters. The Hall–Kier alpha value is -0.820. The third-order valence-corrected chi connectivity index (χ3v) is 4.15. The normalized spacial score (nSPS) is 25.9. The van der Waals surface area contributed by atoms with Crippen molar-refractivity contribution in [2.75, 3.05) is 33.2 Å². The van der Waals surface area contributed by atoms with E-state index in [4.69, 9.17) is 0 Å². The van der Waals surface area contributed by atoms with Crippen molar-refractivity contribution in [3.8, 4) is 0 Å². The maximum atomic E-state index is 12.4. The first kappa shape index (κ1) is 15.6. The molecule has 0 aromatic rings. The summed E-state index contributed by atoms with van der Waals surface area (Å²) in [5.41, 5.74) is 0. The van der Waals surface area contributed by atoms with Gasteiger partial charge in [0.2, 0.25) is 5.91 Å². The maximum absolute atomic E-state index is 12.4. The van der Waals surface area contributed by atoms with Crippen molar-refractivity contribution in [3.05, 3.63) is 0 Å². The van der Waals surface area contributed by atoms with Gasteiger partial charge in [0.1, 0.15) is 6.54 Å². The Bertz CT molecular complexity index is 342. The molecule has 2 rings (SSSR count). The second kappa shape index (κ2) is 6.30. The van der Waals surface area contributed by atoms with Crippen molar-refractivity contribution in [1.29, 1.82) is 0 Å². The lowest BCUT2D eigenvalue weighted by Gasteiger charge is -2.36. The van der Waals surface area contributed by atoms with Gasteiger partial charge in [-0.15, -0.1) is 0 Å². The summed E-state index contributed by atoms with van der Waals surface area (Å²) in [5.74, 6) is -0.390. The quantitative estimate of drug-likeness (QED) is 0.850. The largest absolute Gasteiger partial charge is 0.406 e. The van der Waals surface area contributed by atoms with Crippen LogP contribution in [0.25, 0.3) is 0 Å². The maximum Gasteiger partial charge on any atom is 0.406 e. The van der Waals surface area contributed by atoms with Crippen LogP contribution in [0.15, 0.2) is 0 Å². The number of carbonyl (C=O) groups is 1. The van der Waals surface area contributed by atoms with E-state index >= 15 is 0 Å². The number of piperidine rings is 1. The highest BCUT2D eigenvalue weighted by Gasteiger charge is 2.39. The van der Waals surface area contributed by atoms with Crippen LogP contribution < -0.4 is 5.32 Å². The van der Waals surface area contributed by atoms with Gasteiger partial charge < -0.3 is 10.2 Å². The Morgan fingerprint density at radius 3 is 2.55 bits per heavy atom. The van der Waals surface area contributed by atoms with Gasteiger partial charge in [-0.1, -0.05) is 0 Å². The summed E-state index contributed by atoms with van der Waals surface area (Å²) in [4.78, 5) is 15.2. The van der Waals surface area contributed by atoms with E-state index in [-0.39, 0.29) is 6.04 Å². The summed E-state index contributed by atoms with van der Waals surface area (Å²) >= 11 is 0.